The Morgan fingerprint density at radius 2 is 2.33 bits per heavy atom. The summed E-state index contributed by atoms with van der Waals surface area (Å²) >= 11 is 0. The fraction of sp³-hybridized carbons (Fsp3) is 0.714. The van der Waals surface area contributed by atoms with Gasteiger partial charge in [0.25, 0.3) is 0 Å². The van der Waals surface area contributed by atoms with Gasteiger partial charge in [-0.3, -0.25) is 0 Å². The second kappa shape index (κ2) is 7.92. The molecule has 0 unspecified atom stereocenters. The topological polar surface area (TPSA) is 9.23 Å². The number of allylic oxidation sites excluding steroid dienone is 1. The van der Waals surface area contributed by atoms with Crippen molar-refractivity contribution in [3.05, 3.63) is 12.2 Å². The van der Waals surface area contributed by atoms with Crippen molar-refractivity contribution in [1.82, 2.24) is 0 Å². The Morgan fingerprint density at radius 3 is 2.89 bits per heavy atom. The third kappa shape index (κ3) is 7.92. The minimum absolute atomic E-state index is 0.160. The van der Waals surface area contributed by atoms with Crippen LogP contribution in [-0.4, -0.2) is 16.4 Å². The zero-order chi connectivity index (χ0) is 6.95. The second-order valence-corrected chi connectivity index (χ2v) is 3.52. The largest absolute Gasteiger partial charge is 0.420 e. The number of hydrogen-bond donors (Lipinski definition) is 0. The summed E-state index contributed by atoms with van der Waals surface area (Å²) in [4.78, 5) is 0. The molecule has 54 valence electrons. The van der Waals surface area contributed by atoms with Crippen LogP contribution in [0.3, 0.4) is 0 Å². The van der Waals surface area contributed by atoms with Crippen LogP contribution < -0.4 is 0 Å². The highest BCUT2D eigenvalue weighted by Gasteiger charge is 1.82. The maximum atomic E-state index is 5.37. The lowest BCUT2D eigenvalue weighted by molar-refractivity contribution is 0.384. The van der Waals surface area contributed by atoms with Crippen molar-refractivity contribution in [2.75, 3.05) is 6.61 Å². The molecular weight excluding hydrogens is 128 g/mol. The summed E-state index contributed by atoms with van der Waals surface area (Å²) < 4.78 is 5.37. The number of rotatable bonds is 5. The molecule has 1 nitrogen and oxygen atoms in total. The van der Waals surface area contributed by atoms with Gasteiger partial charge in [0, 0.05) is 0 Å². The van der Waals surface area contributed by atoms with Crippen molar-refractivity contribution in [3.63, 3.8) is 0 Å². The van der Waals surface area contributed by atoms with Gasteiger partial charge in [-0.05, 0) is 13.0 Å². The molecule has 0 fully saturated rings. The highest BCUT2D eigenvalue weighted by Crippen LogP contribution is 1.86. The van der Waals surface area contributed by atoms with Gasteiger partial charge in [0.2, 0.25) is 0 Å². The van der Waals surface area contributed by atoms with E-state index in [4.69, 9.17) is 4.43 Å². The van der Waals surface area contributed by atoms with E-state index >= 15 is 0 Å². The maximum Gasteiger partial charge on any atom is 0.162 e. The third-order valence-electron chi connectivity index (χ3n) is 1.09. The van der Waals surface area contributed by atoms with Gasteiger partial charge in [-0.2, -0.15) is 0 Å². The van der Waals surface area contributed by atoms with Gasteiger partial charge < -0.3 is 4.43 Å². The van der Waals surface area contributed by atoms with Gasteiger partial charge in [-0.15, -0.1) is 0 Å². The minimum Gasteiger partial charge on any atom is -0.420 e. The van der Waals surface area contributed by atoms with Crippen LogP contribution >= 0.6 is 0 Å². The lowest BCUT2D eigenvalue weighted by Gasteiger charge is -1.95. The van der Waals surface area contributed by atoms with Crippen LogP contribution in [0, 0.1) is 0 Å². The van der Waals surface area contributed by atoms with Gasteiger partial charge in [0.05, 0.1) is 6.61 Å². The fourth-order valence-corrected chi connectivity index (χ4v) is 1.29. The molecule has 0 spiro atoms. The van der Waals surface area contributed by atoms with Crippen molar-refractivity contribution in [1.29, 1.82) is 0 Å². The minimum atomic E-state index is -0.160. The van der Waals surface area contributed by atoms with E-state index in [2.05, 4.69) is 13.0 Å². The molecule has 0 saturated heterocycles. The Kier molecular flexibility index (Phi) is 7.84. The Bertz CT molecular complexity index is 71.3. The van der Waals surface area contributed by atoms with Crippen molar-refractivity contribution in [2.45, 2.75) is 26.3 Å². The van der Waals surface area contributed by atoms with Crippen LogP contribution in [0.4, 0.5) is 0 Å². The van der Waals surface area contributed by atoms with Crippen molar-refractivity contribution >= 4 is 9.76 Å². The van der Waals surface area contributed by atoms with Crippen LogP contribution in [0.5, 0.6) is 0 Å². The molecular formula is C7H16OSi. The summed E-state index contributed by atoms with van der Waals surface area (Å²) in [6.45, 7) is 5.06. The second-order valence-electron chi connectivity index (χ2n) is 2.00. The van der Waals surface area contributed by atoms with E-state index in [1.807, 2.05) is 13.0 Å². The van der Waals surface area contributed by atoms with E-state index in [1.165, 1.54) is 12.5 Å². The van der Waals surface area contributed by atoms with E-state index in [0.29, 0.717) is 0 Å². The van der Waals surface area contributed by atoms with Crippen LogP contribution in [-0.2, 0) is 4.43 Å². The smallest absolute Gasteiger partial charge is 0.162 e. The van der Waals surface area contributed by atoms with Crippen LogP contribution in [0.2, 0.25) is 6.04 Å². The zero-order valence-corrected chi connectivity index (χ0v) is 7.81. The molecule has 0 heterocycles. The first-order valence-corrected chi connectivity index (χ1v) is 5.18. The van der Waals surface area contributed by atoms with Gasteiger partial charge in [-0.25, -0.2) is 0 Å². The van der Waals surface area contributed by atoms with Gasteiger partial charge in [0.15, 0.2) is 9.76 Å². The Labute approximate surface area is 60.1 Å². The van der Waals surface area contributed by atoms with Gasteiger partial charge in [0.1, 0.15) is 0 Å². The monoisotopic (exact) mass is 144 g/mol. The summed E-state index contributed by atoms with van der Waals surface area (Å²) in [5.41, 5.74) is 0. The maximum absolute atomic E-state index is 5.37. The fourth-order valence-electron chi connectivity index (χ4n) is 0.494. The van der Waals surface area contributed by atoms with Crippen LogP contribution in [0.1, 0.15) is 20.3 Å². The first kappa shape index (κ1) is 8.92. The average Bonchev–Trinajstić information content (AvgIpc) is 1.89. The highest BCUT2D eigenvalue weighted by molar-refractivity contribution is 6.26. The molecule has 0 atom stereocenters. The molecule has 0 radical (unpaired) electrons. The van der Waals surface area contributed by atoms with E-state index in [0.717, 1.165) is 6.61 Å². The van der Waals surface area contributed by atoms with E-state index in [9.17, 15) is 0 Å². The molecule has 0 aromatic heterocycles. The standard InChI is InChI=1S/C7H16OSi/c1-3-5-6-8-9-7-4-2/h3,5H,4,6-7,9H2,1-2H3. The van der Waals surface area contributed by atoms with E-state index < -0.39 is 0 Å². The normalized spacial score (nSPS) is 12.2. The summed E-state index contributed by atoms with van der Waals surface area (Å²) in [5, 5.41) is 0. The lowest BCUT2D eigenvalue weighted by atomic mass is 10.6. The van der Waals surface area contributed by atoms with Crippen LogP contribution in [0.15, 0.2) is 12.2 Å². The van der Waals surface area contributed by atoms with Crippen molar-refractivity contribution < 1.29 is 4.43 Å². The molecule has 0 aromatic rings. The Hall–Kier alpha value is -0.0831. The summed E-state index contributed by atoms with van der Waals surface area (Å²) in [7, 11) is -0.160. The van der Waals surface area contributed by atoms with Gasteiger partial charge >= 0.3 is 0 Å². The highest BCUT2D eigenvalue weighted by atomic mass is 28.2. The molecule has 0 bridgehead atoms. The molecule has 2 heteroatoms. The molecule has 0 aliphatic heterocycles. The first-order valence-electron chi connectivity index (χ1n) is 3.60. The van der Waals surface area contributed by atoms with Crippen molar-refractivity contribution in [3.8, 4) is 0 Å². The van der Waals surface area contributed by atoms with Crippen molar-refractivity contribution in [2.24, 2.45) is 0 Å². The molecule has 0 aromatic carbocycles. The van der Waals surface area contributed by atoms with E-state index in [-0.39, 0.29) is 9.76 Å². The molecule has 9 heavy (non-hydrogen) atoms. The average molecular weight is 144 g/mol. The predicted octanol–water partition coefficient (Wildman–Crippen LogP) is 1.49. The number of hydrogen-bond acceptors (Lipinski definition) is 1. The molecule has 0 aliphatic carbocycles. The summed E-state index contributed by atoms with van der Waals surface area (Å²) in [6, 6.07) is 1.32. The van der Waals surface area contributed by atoms with Crippen LogP contribution in [0.25, 0.3) is 0 Å². The quantitative estimate of drug-likeness (QED) is 0.323. The zero-order valence-electron chi connectivity index (χ0n) is 6.39. The summed E-state index contributed by atoms with van der Waals surface area (Å²) in [6.07, 6.45) is 5.37. The summed E-state index contributed by atoms with van der Waals surface area (Å²) in [5.74, 6) is 0. The third-order valence-corrected chi connectivity index (χ3v) is 2.61. The Morgan fingerprint density at radius 1 is 1.56 bits per heavy atom. The Balaban J connectivity index is 2.75. The molecule has 0 aliphatic rings. The lowest BCUT2D eigenvalue weighted by Crippen LogP contribution is -1.96. The SMILES string of the molecule is CC=CCO[SiH2]CCC. The molecule has 0 amide bonds. The predicted molar refractivity (Wildman–Crippen MR) is 44.4 cm³/mol. The molecule has 0 N–H and O–H groups in total. The molecule has 0 rings (SSSR count). The first-order chi connectivity index (χ1) is 4.41. The molecule has 0 saturated carbocycles. The van der Waals surface area contributed by atoms with Gasteiger partial charge in [-0.1, -0.05) is 25.5 Å². The van der Waals surface area contributed by atoms with E-state index in [1.54, 1.807) is 0 Å².